The molecule has 3 heteroatoms. The van der Waals surface area contributed by atoms with Crippen molar-refractivity contribution in [3.8, 4) is 0 Å². The molecule has 0 unspecified atom stereocenters. The highest BCUT2D eigenvalue weighted by Crippen LogP contribution is 2.14. The van der Waals surface area contributed by atoms with Crippen LogP contribution in [-0.4, -0.2) is 11.8 Å². The monoisotopic (exact) mass is 353 g/mol. The van der Waals surface area contributed by atoms with Crippen LogP contribution in [0.25, 0.3) is 0 Å². The second kappa shape index (κ2) is 19.5. The van der Waals surface area contributed by atoms with E-state index in [9.17, 15) is 14.7 Å². The van der Waals surface area contributed by atoms with Gasteiger partial charge in [0.1, 0.15) is 5.78 Å². The van der Waals surface area contributed by atoms with Crippen LogP contribution in [0.1, 0.15) is 129 Å². The maximum Gasteiger partial charge on any atom is 0.138 e. The van der Waals surface area contributed by atoms with Crippen LogP contribution in [0, 0.1) is 0 Å². The quantitative estimate of drug-likeness (QED) is 0.207. The van der Waals surface area contributed by atoms with Gasteiger partial charge in [-0.25, -0.2) is 0 Å². The fraction of sp³-hybridized carbons (Fsp3) is 0.909. The van der Waals surface area contributed by atoms with Gasteiger partial charge in [0.25, 0.3) is 0 Å². The third-order valence-electron chi connectivity index (χ3n) is 4.90. The molecule has 0 aromatic carbocycles. The van der Waals surface area contributed by atoms with Crippen molar-refractivity contribution in [3.63, 3.8) is 0 Å². The van der Waals surface area contributed by atoms with Crippen molar-refractivity contribution in [2.75, 3.05) is 0 Å². The Kier molecular flexibility index (Phi) is 18.8. The minimum atomic E-state index is -1.25. The number of carbonyl (C=O) groups excluding carboxylic acids is 2. The fourth-order valence-corrected chi connectivity index (χ4v) is 3.30. The highest BCUT2D eigenvalue weighted by Gasteiger charge is 2.01. The Labute approximate surface area is 156 Å². The van der Waals surface area contributed by atoms with Crippen LogP contribution in [0.15, 0.2) is 0 Å². The predicted octanol–water partition coefficient (Wildman–Crippen LogP) is 5.74. The molecule has 0 heterocycles. The van der Waals surface area contributed by atoms with Gasteiger partial charge in [-0.15, -0.1) is 0 Å². The molecule has 0 N–H and O–H groups in total. The number of rotatable bonds is 20. The molecule has 0 saturated heterocycles. The third kappa shape index (κ3) is 21.1. The molecule has 25 heavy (non-hydrogen) atoms. The molecular formula is C22H41O3-. The molecule has 3 nitrogen and oxygen atoms in total. The lowest BCUT2D eigenvalue weighted by Crippen LogP contribution is -2.25. The van der Waals surface area contributed by atoms with Crippen molar-refractivity contribution in [2.24, 2.45) is 0 Å². The minimum absolute atomic E-state index is 0.194. The van der Waals surface area contributed by atoms with E-state index in [1.54, 1.807) is 0 Å². The molecule has 0 bridgehead atoms. The number of Topliss-reactive ketones (excluding diaryl/α,β-unsaturated/α-hetero) is 1. The highest BCUT2D eigenvalue weighted by atomic mass is 16.4. The Bertz CT molecular complexity index is 312. The number of carboxylic acid groups (broad SMARTS) is 1. The maximum absolute atomic E-state index is 11.2. The van der Waals surface area contributed by atoms with E-state index >= 15 is 0 Å². The molecule has 0 rings (SSSR count). The van der Waals surface area contributed by atoms with E-state index in [1.165, 1.54) is 89.9 Å². The standard InChI is InChI=1S/C22H42O3/c1-2-3-4-5-6-7-8-9-10-11-12-13-14-15-16-17-18-19-21(23)20-22(24)25/h2-20H2,1H3,(H,24,25)/p-1. The van der Waals surface area contributed by atoms with E-state index in [0.717, 1.165) is 19.3 Å². The van der Waals surface area contributed by atoms with Crippen molar-refractivity contribution < 1.29 is 14.7 Å². The van der Waals surface area contributed by atoms with Gasteiger partial charge in [0.15, 0.2) is 0 Å². The predicted molar refractivity (Wildman–Crippen MR) is 103 cm³/mol. The van der Waals surface area contributed by atoms with E-state index in [1.807, 2.05) is 0 Å². The maximum atomic E-state index is 11.2. The van der Waals surface area contributed by atoms with Crippen LogP contribution in [0.2, 0.25) is 0 Å². The number of carboxylic acids is 1. The Hall–Kier alpha value is -0.860. The summed E-state index contributed by atoms with van der Waals surface area (Å²) in [6.45, 7) is 2.27. The van der Waals surface area contributed by atoms with E-state index in [0.29, 0.717) is 6.42 Å². The molecule has 0 aliphatic rings. The zero-order valence-electron chi connectivity index (χ0n) is 16.7. The molecule has 0 aliphatic carbocycles. The molecule has 0 spiro atoms. The lowest BCUT2D eigenvalue weighted by atomic mass is 10.0. The topological polar surface area (TPSA) is 57.2 Å². The first-order valence-electron chi connectivity index (χ1n) is 10.9. The van der Waals surface area contributed by atoms with Gasteiger partial charge in [-0.05, 0) is 6.42 Å². The molecule has 0 aromatic heterocycles. The molecule has 0 radical (unpaired) electrons. The van der Waals surface area contributed by atoms with Crippen molar-refractivity contribution >= 4 is 11.8 Å². The Morgan fingerprint density at radius 2 is 0.880 bits per heavy atom. The van der Waals surface area contributed by atoms with Gasteiger partial charge >= 0.3 is 0 Å². The molecule has 0 saturated carbocycles. The van der Waals surface area contributed by atoms with Gasteiger partial charge in [0.2, 0.25) is 0 Å². The number of aliphatic carboxylic acids is 1. The average molecular weight is 354 g/mol. The summed E-state index contributed by atoms with van der Waals surface area (Å²) in [7, 11) is 0. The number of carbonyl (C=O) groups is 2. The van der Waals surface area contributed by atoms with Crippen molar-refractivity contribution in [2.45, 2.75) is 129 Å². The van der Waals surface area contributed by atoms with Crippen LogP contribution in [0.4, 0.5) is 0 Å². The summed E-state index contributed by atoms with van der Waals surface area (Å²) < 4.78 is 0. The molecule has 0 amide bonds. The van der Waals surface area contributed by atoms with Crippen LogP contribution < -0.4 is 5.11 Å². The third-order valence-corrected chi connectivity index (χ3v) is 4.90. The zero-order chi connectivity index (χ0) is 18.6. The highest BCUT2D eigenvalue weighted by molar-refractivity contribution is 5.93. The Balaban J connectivity index is 3.07. The molecule has 148 valence electrons. The Morgan fingerprint density at radius 1 is 0.560 bits per heavy atom. The number of unbranched alkanes of at least 4 members (excludes halogenated alkanes) is 16. The van der Waals surface area contributed by atoms with Crippen LogP contribution in [-0.2, 0) is 9.59 Å². The van der Waals surface area contributed by atoms with Gasteiger partial charge in [-0.2, -0.15) is 0 Å². The largest absolute Gasteiger partial charge is 0.550 e. The first-order valence-corrected chi connectivity index (χ1v) is 10.9. The summed E-state index contributed by atoms with van der Waals surface area (Å²) in [6, 6.07) is 0. The summed E-state index contributed by atoms with van der Waals surface area (Å²) in [5, 5.41) is 10.3. The first-order chi connectivity index (χ1) is 12.2. The SMILES string of the molecule is CCCCCCCCCCCCCCCCCCCC(=O)CC(=O)[O-]. The second-order valence-corrected chi connectivity index (χ2v) is 7.49. The summed E-state index contributed by atoms with van der Waals surface area (Å²) in [5.41, 5.74) is 0. The van der Waals surface area contributed by atoms with Gasteiger partial charge in [0, 0.05) is 18.8 Å². The van der Waals surface area contributed by atoms with Gasteiger partial charge in [-0.1, -0.05) is 110 Å². The van der Waals surface area contributed by atoms with Gasteiger partial charge < -0.3 is 9.90 Å². The summed E-state index contributed by atoms with van der Waals surface area (Å²) in [5.74, 6) is -1.45. The summed E-state index contributed by atoms with van der Waals surface area (Å²) in [6.07, 6.45) is 22.3. The molecule has 0 fully saturated rings. The smallest absolute Gasteiger partial charge is 0.138 e. The van der Waals surface area contributed by atoms with Crippen LogP contribution in [0.5, 0.6) is 0 Å². The number of hydrogen-bond acceptors (Lipinski definition) is 3. The normalized spacial score (nSPS) is 10.9. The fourth-order valence-electron chi connectivity index (χ4n) is 3.30. The lowest BCUT2D eigenvalue weighted by Gasteiger charge is -2.04. The Morgan fingerprint density at radius 3 is 1.20 bits per heavy atom. The molecule has 0 aliphatic heterocycles. The number of ketones is 1. The van der Waals surface area contributed by atoms with Crippen molar-refractivity contribution in [1.82, 2.24) is 0 Å². The van der Waals surface area contributed by atoms with Crippen LogP contribution in [0.3, 0.4) is 0 Å². The van der Waals surface area contributed by atoms with Gasteiger partial charge in [-0.3, -0.25) is 4.79 Å². The van der Waals surface area contributed by atoms with E-state index in [4.69, 9.17) is 0 Å². The summed E-state index contributed by atoms with van der Waals surface area (Å²) in [4.78, 5) is 21.5. The molecule has 0 atom stereocenters. The van der Waals surface area contributed by atoms with Crippen molar-refractivity contribution in [3.05, 3.63) is 0 Å². The van der Waals surface area contributed by atoms with Crippen molar-refractivity contribution in [1.29, 1.82) is 0 Å². The van der Waals surface area contributed by atoms with Crippen LogP contribution >= 0.6 is 0 Å². The van der Waals surface area contributed by atoms with E-state index in [2.05, 4.69) is 6.92 Å². The summed E-state index contributed by atoms with van der Waals surface area (Å²) >= 11 is 0. The van der Waals surface area contributed by atoms with Gasteiger partial charge in [0.05, 0.1) is 0 Å². The first kappa shape index (κ1) is 24.1. The van der Waals surface area contributed by atoms with E-state index < -0.39 is 12.4 Å². The second-order valence-electron chi connectivity index (χ2n) is 7.49. The zero-order valence-corrected chi connectivity index (χ0v) is 16.7. The molecule has 0 aromatic rings. The molecular weight excluding hydrogens is 312 g/mol. The lowest BCUT2D eigenvalue weighted by molar-refractivity contribution is -0.304. The minimum Gasteiger partial charge on any atom is -0.550 e. The van der Waals surface area contributed by atoms with E-state index in [-0.39, 0.29) is 5.78 Å². The average Bonchev–Trinajstić information content (AvgIpc) is 2.57. The number of hydrogen-bond donors (Lipinski definition) is 0.